The van der Waals surface area contributed by atoms with E-state index >= 15 is 0 Å². The van der Waals surface area contributed by atoms with Gasteiger partial charge < -0.3 is 24.1 Å². The molecule has 1 heterocycles. The molecule has 0 aromatic carbocycles. The van der Waals surface area contributed by atoms with Gasteiger partial charge in [-0.2, -0.15) is 0 Å². The fraction of sp³-hybridized carbons (Fsp3) is 1.00. The molecule has 0 aromatic rings. The lowest BCUT2D eigenvalue weighted by Crippen LogP contribution is -2.41. The lowest BCUT2D eigenvalue weighted by atomic mass is 9.92. The van der Waals surface area contributed by atoms with Crippen molar-refractivity contribution in [2.45, 2.75) is 43.8 Å². The van der Waals surface area contributed by atoms with E-state index in [-0.39, 0.29) is 24.3 Å². The van der Waals surface area contributed by atoms with E-state index < -0.39 is 6.10 Å². The number of aliphatic hydroxyl groups is 1. The summed E-state index contributed by atoms with van der Waals surface area (Å²) >= 11 is 0. The van der Waals surface area contributed by atoms with Crippen molar-refractivity contribution in [3.05, 3.63) is 0 Å². The van der Waals surface area contributed by atoms with Crippen molar-refractivity contribution in [3.8, 4) is 0 Å². The molecular formula is C11H23BO5. The summed E-state index contributed by atoms with van der Waals surface area (Å²) in [6, 6.07) is -0.105. The highest BCUT2D eigenvalue weighted by Gasteiger charge is 2.41. The van der Waals surface area contributed by atoms with Crippen molar-refractivity contribution < 1.29 is 24.1 Å². The molecule has 0 amide bonds. The van der Waals surface area contributed by atoms with Gasteiger partial charge in [0.15, 0.2) is 0 Å². The van der Waals surface area contributed by atoms with Crippen molar-refractivity contribution in [3.63, 3.8) is 0 Å². The minimum Gasteiger partial charge on any atom is -0.388 e. The summed E-state index contributed by atoms with van der Waals surface area (Å²) in [5.74, 6) is 0. The quantitative estimate of drug-likeness (QED) is 0.594. The summed E-state index contributed by atoms with van der Waals surface area (Å²) in [6.07, 6.45) is -0.418. The average Bonchev–Trinajstić information content (AvgIpc) is 2.57. The van der Waals surface area contributed by atoms with Crippen molar-refractivity contribution in [2.24, 2.45) is 0 Å². The number of hydrogen-bond acceptors (Lipinski definition) is 5. The standard InChI is InChI=1S/C11H23BO5/c1-4-8-9(13)10(11(12)17-8)16-7(5-14-2)6-15-3/h7-11,13H,4-6,12H2,1-3H3/t8-,9?,10+,11-/m1/s1. The Bertz CT molecular complexity index is 210. The third-order valence-corrected chi connectivity index (χ3v) is 3.03. The first-order chi connectivity index (χ1) is 8.13. The molecule has 0 aromatic heterocycles. The fourth-order valence-corrected chi connectivity index (χ4v) is 2.17. The molecule has 1 fully saturated rings. The van der Waals surface area contributed by atoms with Crippen LogP contribution < -0.4 is 0 Å². The van der Waals surface area contributed by atoms with Gasteiger partial charge in [0, 0.05) is 14.2 Å². The van der Waals surface area contributed by atoms with Crippen LogP contribution in [0.5, 0.6) is 0 Å². The van der Waals surface area contributed by atoms with E-state index in [4.69, 9.17) is 18.9 Å². The van der Waals surface area contributed by atoms with Crippen molar-refractivity contribution >= 4 is 7.85 Å². The lowest BCUT2D eigenvalue weighted by Gasteiger charge is -2.25. The first-order valence-corrected chi connectivity index (χ1v) is 6.10. The molecule has 0 spiro atoms. The Labute approximate surface area is 104 Å². The maximum absolute atomic E-state index is 10.1. The van der Waals surface area contributed by atoms with E-state index in [0.29, 0.717) is 13.2 Å². The van der Waals surface area contributed by atoms with Crippen LogP contribution in [-0.4, -0.2) is 70.8 Å². The van der Waals surface area contributed by atoms with Crippen LogP contribution in [0.1, 0.15) is 13.3 Å². The highest BCUT2D eigenvalue weighted by atomic mass is 16.6. The van der Waals surface area contributed by atoms with E-state index in [1.807, 2.05) is 14.8 Å². The van der Waals surface area contributed by atoms with E-state index in [9.17, 15) is 5.11 Å². The number of aliphatic hydroxyl groups excluding tert-OH is 1. The molecule has 1 N–H and O–H groups in total. The van der Waals surface area contributed by atoms with Crippen molar-refractivity contribution in [1.82, 2.24) is 0 Å². The Morgan fingerprint density at radius 1 is 1.29 bits per heavy atom. The number of ether oxygens (including phenoxy) is 4. The maximum Gasteiger partial charge on any atom is 0.142 e. The second-order valence-corrected chi connectivity index (χ2v) is 4.41. The van der Waals surface area contributed by atoms with Crippen LogP contribution in [0.3, 0.4) is 0 Å². The molecule has 1 rings (SSSR count). The largest absolute Gasteiger partial charge is 0.388 e. The van der Waals surface area contributed by atoms with Crippen LogP contribution in [0, 0.1) is 0 Å². The number of methoxy groups -OCH3 is 2. The van der Waals surface area contributed by atoms with Gasteiger partial charge in [-0.25, -0.2) is 0 Å². The predicted molar refractivity (Wildman–Crippen MR) is 65.9 cm³/mol. The van der Waals surface area contributed by atoms with Crippen LogP contribution in [0.2, 0.25) is 0 Å². The topological polar surface area (TPSA) is 57.2 Å². The lowest BCUT2D eigenvalue weighted by molar-refractivity contribution is -0.107. The van der Waals surface area contributed by atoms with Crippen LogP contribution >= 0.6 is 0 Å². The number of hydrogen-bond donors (Lipinski definition) is 1. The van der Waals surface area contributed by atoms with Gasteiger partial charge in [0.25, 0.3) is 0 Å². The van der Waals surface area contributed by atoms with Crippen LogP contribution in [0.25, 0.3) is 0 Å². The van der Waals surface area contributed by atoms with Crippen LogP contribution in [0.15, 0.2) is 0 Å². The average molecular weight is 246 g/mol. The third kappa shape index (κ3) is 3.93. The van der Waals surface area contributed by atoms with Gasteiger partial charge in [-0.05, 0) is 6.42 Å². The minimum absolute atomic E-state index is 0.105. The molecule has 17 heavy (non-hydrogen) atoms. The SMILES string of the molecule is B[C@@H]1O[C@H](CC)C(O)[C@@H]1OC(COC)COC. The molecule has 100 valence electrons. The highest BCUT2D eigenvalue weighted by molar-refractivity contribution is 6.11. The number of rotatable bonds is 7. The van der Waals surface area contributed by atoms with Crippen molar-refractivity contribution in [2.75, 3.05) is 27.4 Å². The van der Waals surface area contributed by atoms with E-state index in [1.165, 1.54) is 0 Å². The molecule has 5 nitrogen and oxygen atoms in total. The van der Waals surface area contributed by atoms with Gasteiger partial charge in [0.05, 0.1) is 25.3 Å². The molecule has 4 atom stereocenters. The second-order valence-electron chi connectivity index (χ2n) is 4.41. The summed E-state index contributed by atoms with van der Waals surface area (Å²) in [5, 5.41) is 10.1. The van der Waals surface area contributed by atoms with Gasteiger partial charge in [-0.3, -0.25) is 0 Å². The first kappa shape index (κ1) is 14.9. The monoisotopic (exact) mass is 246 g/mol. The highest BCUT2D eigenvalue weighted by Crippen LogP contribution is 2.25. The molecular weight excluding hydrogens is 223 g/mol. The van der Waals surface area contributed by atoms with Gasteiger partial charge in [0.1, 0.15) is 26.2 Å². The normalized spacial score (nSPS) is 33.5. The molecule has 0 bridgehead atoms. The van der Waals surface area contributed by atoms with E-state index in [1.54, 1.807) is 14.2 Å². The van der Waals surface area contributed by atoms with Crippen LogP contribution in [-0.2, 0) is 18.9 Å². The van der Waals surface area contributed by atoms with E-state index in [0.717, 1.165) is 6.42 Å². The summed E-state index contributed by atoms with van der Waals surface area (Å²) in [6.45, 7) is 2.88. The van der Waals surface area contributed by atoms with Gasteiger partial charge in [-0.15, -0.1) is 0 Å². The predicted octanol–water partition coefficient (Wildman–Crippen LogP) is -0.838. The molecule has 0 aliphatic carbocycles. The molecule has 0 saturated carbocycles. The van der Waals surface area contributed by atoms with E-state index in [2.05, 4.69) is 0 Å². The van der Waals surface area contributed by atoms with Crippen molar-refractivity contribution in [1.29, 1.82) is 0 Å². The molecule has 6 heteroatoms. The Morgan fingerprint density at radius 2 is 1.88 bits per heavy atom. The van der Waals surface area contributed by atoms with Crippen LogP contribution in [0.4, 0.5) is 0 Å². The zero-order valence-electron chi connectivity index (χ0n) is 11.1. The third-order valence-electron chi connectivity index (χ3n) is 3.03. The maximum atomic E-state index is 10.1. The van der Waals surface area contributed by atoms with Gasteiger partial charge >= 0.3 is 0 Å². The summed E-state index contributed by atoms with van der Waals surface area (Å²) < 4.78 is 21.6. The summed E-state index contributed by atoms with van der Waals surface area (Å²) in [7, 11) is 5.15. The zero-order valence-corrected chi connectivity index (χ0v) is 11.1. The zero-order chi connectivity index (χ0) is 12.8. The Kier molecular flexibility index (Phi) is 6.44. The molecule has 1 unspecified atom stereocenters. The fourth-order valence-electron chi connectivity index (χ4n) is 2.17. The Morgan fingerprint density at radius 3 is 2.29 bits per heavy atom. The summed E-state index contributed by atoms with van der Waals surface area (Å²) in [4.78, 5) is 0. The Hall–Kier alpha value is -0.135. The molecule has 1 aliphatic rings. The minimum atomic E-state index is -0.578. The van der Waals surface area contributed by atoms with Gasteiger partial charge in [-0.1, -0.05) is 6.92 Å². The summed E-state index contributed by atoms with van der Waals surface area (Å²) in [5.41, 5.74) is 0. The second kappa shape index (κ2) is 7.33. The molecule has 1 saturated heterocycles. The Balaban J connectivity index is 2.53. The van der Waals surface area contributed by atoms with Gasteiger partial charge in [0.2, 0.25) is 0 Å². The molecule has 1 aliphatic heterocycles. The first-order valence-electron chi connectivity index (χ1n) is 6.10. The smallest absolute Gasteiger partial charge is 0.142 e. The molecule has 0 radical (unpaired) electrons.